The van der Waals surface area contributed by atoms with E-state index in [2.05, 4.69) is 0 Å². The molecule has 0 spiro atoms. The number of benzene rings is 1. The number of carboxylic acid groups (broad SMARTS) is 1. The van der Waals surface area contributed by atoms with Crippen molar-refractivity contribution in [3.8, 4) is 0 Å². The minimum atomic E-state index is -1.59. The summed E-state index contributed by atoms with van der Waals surface area (Å²) >= 11 is 0. The molecule has 0 aromatic heterocycles. The van der Waals surface area contributed by atoms with Crippen LogP contribution in [0.25, 0.3) is 0 Å². The normalized spacial score (nSPS) is 9.71. The molecule has 1 aromatic carbocycles. The van der Waals surface area contributed by atoms with Crippen LogP contribution in [0.4, 0.5) is 0 Å². The highest BCUT2D eigenvalue weighted by atomic mass is 16.4. The van der Waals surface area contributed by atoms with Crippen LogP contribution in [0.3, 0.4) is 0 Å². The number of carboxylic acids is 1. The van der Waals surface area contributed by atoms with Gasteiger partial charge in [0.25, 0.3) is 0 Å². The standard InChI is InChI=1S/C11H12O3/c12-10(11(13)14)8-4-7-9-5-2-1-3-6-9/h1-3,5-6H,4,7-8H2,(H,13,14)/p-1. The fourth-order valence-corrected chi connectivity index (χ4v) is 1.20. The van der Waals surface area contributed by atoms with Crippen LogP contribution in [0.1, 0.15) is 18.4 Å². The van der Waals surface area contributed by atoms with Gasteiger partial charge in [-0.15, -0.1) is 0 Å². The summed E-state index contributed by atoms with van der Waals surface area (Å²) in [6, 6.07) is 9.63. The first kappa shape index (κ1) is 10.4. The van der Waals surface area contributed by atoms with Gasteiger partial charge in [0.05, 0.1) is 0 Å². The number of carbonyl (C=O) groups is 2. The van der Waals surface area contributed by atoms with E-state index in [1.54, 1.807) is 0 Å². The van der Waals surface area contributed by atoms with Crippen molar-refractivity contribution in [1.29, 1.82) is 0 Å². The van der Waals surface area contributed by atoms with E-state index in [9.17, 15) is 14.7 Å². The average molecular weight is 191 g/mol. The van der Waals surface area contributed by atoms with Crippen molar-refractivity contribution in [3.63, 3.8) is 0 Å². The largest absolute Gasteiger partial charge is 0.542 e. The zero-order chi connectivity index (χ0) is 10.4. The molecule has 14 heavy (non-hydrogen) atoms. The third-order valence-electron chi connectivity index (χ3n) is 1.94. The smallest absolute Gasteiger partial charge is 0.178 e. The van der Waals surface area contributed by atoms with E-state index in [1.165, 1.54) is 0 Å². The van der Waals surface area contributed by atoms with Gasteiger partial charge in [0.2, 0.25) is 0 Å². The predicted molar refractivity (Wildman–Crippen MR) is 49.4 cm³/mol. The Bertz CT molecular complexity index is 317. The summed E-state index contributed by atoms with van der Waals surface area (Å²) in [6.45, 7) is 0. The molecule has 0 radical (unpaired) electrons. The first-order chi connectivity index (χ1) is 6.70. The molecule has 0 aliphatic heterocycles. The van der Waals surface area contributed by atoms with Gasteiger partial charge in [-0.25, -0.2) is 0 Å². The number of ketones is 1. The highest BCUT2D eigenvalue weighted by Crippen LogP contribution is 2.04. The van der Waals surface area contributed by atoms with E-state index >= 15 is 0 Å². The van der Waals surface area contributed by atoms with Crippen molar-refractivity contribution in [2.45, 2.75) is 19.3 Å². The summed E-state index contributed by atoms with van der Waals surface area (Å²) in [4.78, 5) is 20.8. The Hall–Kier alpha value is -1.64. The van der Waals surface area contributed by atoms with Crippen LogP contribution in [-0.4, -0.2) is 11.8 Å². The fraction of sp³-hybridized carbons (Fsp3) is 0.273. The SMILES string of the molecule is O=C([O-])C(=O)CCCc1ccccc1. The highest BCUT2D eigenvalue weighted by Gasteiger charge is 2.01. The zero-order valence-corrected chi connectivity index (χ0v) is 7.73. The molecule has 0 fully saturated rings. The minimum Gasteiger partial charge on any atom is -0.542 e. The third kappa shape index (κ3) is 3.39. The summed E-state index contributed by atoms with van der Waals surface area (Å²) in [5, 5.41) is 10.1. The van der Waals surface area contributed by atoms with Gasteiger partial charge in [-0.1, -0.05) is 30.3 Å². The summed E-state index contributed by atoms with van der Waals surface area (Å²) in [5.74, 6) is -2.40. The summed E-state index contributed by atoms with van der Waals surface area (Å²) in [7, 11) is 0. The first-order valence-electron chi connectivity index (χ1n) is 4.48. The van der Waals surface area contributed by atoms with Crippen molar-refractivity contribution in [1.82, 2.24) is 0 Å². The maximum absolute atomic E-state index is 10.7. The lowest BCUT2D eigenvalue weighted by Crippen LogP contribution is -2.31. The third-order valence-corrected chi connectivity index (χ3v) is 1.94. The Kier molecular flexibility index (Phi) is 3.85. The van der Waals surface area contributed by atoms with Crippen LogP contribution >= 0.6 is 0 Å². The molecule has 0 atom stereocenters. The molecule has 1 rings (SSSR count). The molecule has 0 aliphatic rings. The molecule has 0 saturated heterocycles. The van der Waals surface area contributed by atoms with Crippen molar-refractivity contribution in [3.05, 3.63) is 35.9 Å². The van der Waals surface area contributed by atoms with Crippen LogP contribution in [0.2, 0.25) is 0 Å². The topological polar surface area (TPSA) is 57.2 Å². The lowest BCUT2D eigenvalue weighted by molar-refractivity contribution is -0.300. The van der Waals surface area contributed by atoms with Gasteiger partial charge < -0.3 is 9.90 Å². The number of rotatable bonds is 5. The second-order valence-corrected chi connectivity index (χ2v) is 3.05. The number of aryl methyl sites for hydroxylation is 1. The molecule has 0 amide bonds. The quantitative estimate of drug-likeness (QED) is 0.630. The van der Waals surface area contributed by atoms with Gasteiger partial charge in [-0.05, 0) is 18.4 Å². The highest BCUT2D eigenvalue weighted by molar-refractivity contribution is 6.31. The number of hydrogen-bond donors (Lipinski definition) is 0. The Morgan fingerprint density at radius 2 is 1.79 bits per heavy atom. The Labute approximate surface area is 82.4 Å². The number of hydrogen-bond acceptors (Lipinski definition) is 3. The Morgan fingerprint density at radius 1 is 1.14 bits per heavy atom. The molecule has 1 aromatic rings. The number of aliphatic carboxylic acids is 1. The van der Waals surface area contributed by atoms with E-state index in [4.69, 9.17) is 0 Å². The molecule has 74 valence electrons. The van der Waals surface area contributed by atoms with E-state index in [-0.39, 0.29) is 6.42 Å². The Morgan fingerprint density at radius 3 is 2.36 bits per heavy atom. The molecule has 3 heteroatoms. The van der Waals surface area contributed by atoms with E-state index < -0.39 is 11.8 Å². The molecule has 0 unspecified atom stereocenters. The first-order valence-corrected chi connectivity index (χ1v) is 4.48. The van der Waals surface area contributed by atoms with Crippen LogP contribution in [0.5, 0.6) is 0 Å². The van der Waals surface area contributed by atoms with Gasteiger partial charge in [0, 0.05) is 6.42 Å². The second-order valence-electron chi connectivity index (χ2n) is 3.05. The molecular weight excluding hydrogens is 180 g/mol. The van der Waals surface area contributed by atoms with Gasteiger partial charge >= 0.3 is 0 Å². The number of Topliss-reactive ketones (excluding diaryl/α,β-unsaturated/α-hetero) is 1. The maximum atomic E-state index is 10.7. The molecule has 3 nitrogen and oxygen atoms in total. The molecule has 0 bridgehead atoms. The molecule has 0 heterocycles. The van der Waals surface area contributed by atoms with Gasteiger partial charge in [-0.2, -0.15) is 0 Å². The summed E-state index contributed by atoms with van der Waals surface area (Å²) in [5.41, 5.74) is 1.11. The summed E-state index contributed by atoms with van der Waals surface area (Å²) < 4.78 is 0. The lowest BCUT2D eigenvalue weighted by Gasteiger charge is -2.01. The second kappa shape index (κ2) is 5.17. The molecular formula is C11H11O3-. The van der Waals surface area contributed by atoms with Crippen LogP contribution < -0.4 is 5.11 Å². The van der Waals surface area contributed by atoms with Gasteiger partial charge in [0.15, 0.2) is 5.78 Å². The zero-order valence-electron chi connectivity index (χ0n) is 7.73. The lowest BCUT2D eigenvalue weighted by atomic mass is 10.1. The summed E-state index contributed by atoms with van der Waals surface area (Å²) in [6.07, 6.45) is 1.33. The molecule has 0 N–H and O–H groups in total. The fourth-order valence-electron chi connectivity index (χ4n) is 1.20. The van der Waals surface area contributed by atoms with Gasteiger partial charge in [-0.3, -0.25) is 4.79 Å². The minimum absolute atomic E-state index is 0.0528. The maximum Gasteiger partial charge on any atom is 0.178 e. The van der Waals surface area contributed by atoms with Crippen molar-refractivity contribution in [2.24, 2.45) is 0 Å². The predicted octanol–water partition coefficient (Wildman–Crippen LogP) is 0.328. The van der Waals surface area contributed by atoms with E-state index in [0.717, 1.165) is 12.0 Å². The number of carbonyl (C=O) groups excluding carboxylic acids is 2. The average Bonchev–Trinajstić information content (AvgIpc) is 2.19. The molecule has 0 saturated carbocycles. The van der Waals surface area contributed by atoms with E-state index in [1.807, 2.05) is 30.3 Å². The van der Waals surface area contributed by atoms with E-state index in [0.29, 0.717) is 6.42 Å². The monoisotopic (exact) mass is 191 g/mol. The van der Waals surface area contributed by atoms with Crippen LogP contribution in [0, 0.1) is 0 Å². The van der Waals surface area contributed by atoms with Crippen LogP contribution in [0.15, 0.2) is 30.3 Å². The van der Waals surface area contributed by atoms with Crippen molar-refractivity contribution in [2.75, 3.05) is 0 Å². The molecule has 0 aliphatic carbocycles. The van der Waals surface area contributed by atoms with Crippen molar-refractivity contribution >= 4 is 11.8 Å². The van der Waals surface area contributed by atoms with Crippen molar-refractivity contribution < 1.29 is 14.7 Å². The Balaban J connectivity index is 2.29. The van der Waals surface area contributed by atoms with Crippen LogP contribution in [-0.2, 0) is 16.0 Å². The van der Waals surface area contributed by atoms with Gasteiger partial charge in [0.1, 0.15) is 5.97 Å².